The van der Waals surface area contributed by atoms with Crippen molar-refractivity contribution in [1.82, 2.24) is 20.1 Å². The van der Waals surface area contributed by atoms with Gasteiger partial charge in [0.05, 0.1) is 6.54 Å². The molecule has 3 rings (SSSR count). The van der Waals surface area contributed by atoms with E-state index in [1.807, 2.05) is 18.3 Å². The van der Waals surface area contributed by atoms with Crippen molar-refractivity contribution in [2.75, 3.05) is 13.1 Å². The first-order valence-corrected chi connectivity index (χ1v) is 7.36. The van der Waals surface area contributed by atoms with Crippen molar-refractivity contribution in [1.29, 1.82) is 0 Å². The van der Waals surface area contributed by atoms with Gasteiger partial charge in [-0.1, -0.05) is 17.4 Å². The van der Waals surface area contributed by atoms with E-state index >= 15 is 0 Å². The van der Waals surface area contributed by atoms with E-state index in [2.05, 4.69) is 20.1 Å². The Morgan fingerprint density at radius 3 is 2.86 bits per heavy atom. The molecule has 1 fully saturated rings. The van der Waals surface area contributed by atoms with Crippen molar-refractivity contribution < 1.29 is 13.2 Å². The maximum atomic E-state index is 12.5. The molecule has 0 spiro atoms. The van der Waals surface area contributed by atoms with Gasteiger partial charge in [-0.2, -0.15) is 13.2 Å². The summed E-state index contributed by atoms with van der Waals surface area (Å²) in [6.45, 7) is 2.08. The number of halogens is 3. The van der Waals surface area contributed by atoms with Crippen LogP contribution < -0.4 is 0 Å². The standard InChI is InChI=1S/C13H13F3N4S/c14-13(15,16)12-19-18-11(21-12)8-20-5-3-10(7-20)9-2-1-4-17-6-9/h1-2,4,6,10H,3,5,7-8H2. The first kappa shape index (κ1) is 14.4. The molecule has 0 amide bonds. The third-order valence-corrected chi connectivity index (χ3v) is 4.45. The summed E-state index contributed by atoms with van der Waals surface area (Å²) in [5, 5.41) is 6.39. The van der Waals surface area contributed by atoms with Gasteiger partial charge < -0.3 is 0 Å². The fraction of sp³-hybridized carbons (Fsp3) is 0.462. The third-order valence-electron chi connectivity index (χ3n) is 3.50. The molecule has 4 nitrogen and oxygen atoms in total. The van der Waals surface area contributed by atoms with E-state index < -0.39 is 11.2 Å². The smallest absolute Gasteiger partial charge is 0.296 e. The van der Waals surface area contributed by atoms with Gasteiger partial charge in [0.2, 0.25) is 5.01 Å². The average Bonchev–Trinajstić information content (AvgIpc) is 3.09. The number of nitrogens with zero attached hydrogens (tertiary/aromatic N) is 4. The molecule has 1 aliphatic heterocycles. The highest BCUT2D eigenvalue weighted by atomic mass is 32.1. The van der Waals surface area contributed by atoms with E-state index in [1.165, 1.54) is 5.56 Å². The van der Waals surface area contributed by atoms with Gasteiger partial charge in [-0.15, -0.1) is 10.2 Å². The molecule has 1 atom stereocenters. The summed E-state index contributed by atoms with van der Waals surface area (Å²) >= 11 is 0.622. The van der Waals surface area contributed by atoms with Crippen molar-refractivity contribution in [3.05, 3.63) is 40.1 Å². The summed E-state index contributed by atoms with van der Waals surface area (Å²) in [6.07, 6.45) is 0.160. The molecule has 2 aromatic heterocycles. The fourth-order valence-electron chi connectivity index (χ4n) is 2.49. The fourth-order valence-corrected chi connectivity index (χ4v) is 3.24. The van der Waals surface area contributed by atoms with Gasteiger partial charge in [0.25, 0.3) is 0 Å². The third kappa shape index (κ3) is 3.38. The molecular weight excluding hydrogens is 301 g/mol. The zero-order chi connectivity index (χ0) is 14.9. The van der Waals surface area contributed by atoms with Crippen LogP contribution >= 0.6 is 11.3 Å². The maximum absolute atomic E-state index is 12.5. The molecule has 0 aromatic carbocycles. The molecule has 0 bridgehead atoms. The van der Waals surface area contributed by atoms with Crippen LogP contribution in [0.2, 0.25) is 0 Å². The number of likely N-dealkylation sites (tertiary alicyclic amines) is 1. The predicted octanol–water partition coefficient (Wildman–Crippen LogP) is 2.94. The van der Waals surface area contributed by atoms with E-state index in [1.54, 1.807) is 6.20 Å². The lowest BCUT2D eigenvalue weighted by atomic mass is 10.0. The van der Waals surface area contributed by atoms with Gasteiger partial charge in [0.1, 0.15) is 5.01 Å². The molecule has 1 aliphatic rings. The predicted molar refractivity (Wildman–Crippen MR) is 71.8 cm³/mol. The summed E-state index contributed by atoms with van der Waals surface area (Å²) in [6, 6.07) is 3.94. The molecule has 1 unspecified atom stereocenters. The van der Waals surface area contributed by atoms with Gasteiger partial charge in [0, 0.05) is 18.9 Å². The molecule has 0 N–H and O–H groups in total. The quantitative estimate of drug-likeness (QED) is 0.873. The minimum Gasteiger partial charge on any atom is -0.296 e. The van der Waals surface area contributed by atoms with Gasteiger partial charge in [-0.3, -0.25) is 9.88 Å². The van der Waals surface area contributed by atoms with Crippen molar-refractivity contribution in [2.24, 2.45) is 0 Å². The van der Waals surface area contributed by atoms with Crippen LogP contribution in [0.15, 0.2) is 24.5 Å². The number of hydrogen-bond donors (Lipinski definition) is 0. The molecule has 8 heteroatoms. The largest absolute Gasteiger partial charge is 0.445 e. The number of aromatic nitrogens is 3. The summed E-state index contributed by atoms with van der Waals surface area (Å²) in [4.78, 5) is 6.21. The second kappa shape index (κ2) is 5.69. The maximum Gasteiger partial charge on any atom is 0.445 e. The number of pyridine rings is 1. The second-order valence-electron chi connectivity index (χ2n) is 5.01. The Labute approximate surface area is 123 Å². The van der Waals surface area contributed by atoms with Crippen LogP contribution in [-0.4, -0.2) is 33.2 Å². The summed E-state index contributed by atoms with van der Waals surface area (Å²) in [5.41, 5.74) is 1.17. The Hall–Kier alpha value is -1.54. The number of rotatable bonds is 3. The first-order valence-electron chi connectivity index (χ1n) is 6.54. The Kier molecular flexibility index (Phi) is 3.90. The summed E-state index contributed by atoms with van der Waals surface area (Å²) < 4.78 is 37.5. The van der Waals surface area contributed by atoms with E-state index in [9.17, 15) is 13.2 Å². The lowest BCUT2D eigenvalue weighted by molar-refractivity contribution is -0.138. The minimum atomic E-state index is -4.40. The SMILES string of the molecule is FC(F)(F)c1nnc(CN2CCC(c3cccnc3)C2)s1. The van der Waals surface area contributed by atoms with E-state index in [0.29, 0.717) is 28.8 Å². The first-order chi connectivity index (χ1) is 10.0. The highest BCUT2D eigenvalue weighted by molar-refractivity contribution is 7.11. The van der Waals surface area contributed by atoms with Crippen LogP contribution in [-0.2, 0) is 12.7 Å². The van der Waals surface area contributed by atoms with E-state index in [4.69, 9.17) is 0 Å². The van der Waals surface area contributed by atoms with Crippen molar-refractivity contribution in [2.45, 2.75) is 25.1 Å². The van der Waals surface area contributed by atoms with Gasteiger partial charge in [0.15, 0.2) is 0 Å². The highest BCUT2D eigenvalue weighted by Gasteiger charge is 2.36. The minimum absolute atomic E-state index is 0.383. The van der Waals surface area contributed by atoms with Crippen molar-refractivity contribution >= 4 is 11.3 Å². The molecule has 3 heterocycles. The van der Waals surface area contributed by atoms with E-state index in [-0.39, 0.29) is 0 Å². The van der Waals surface area contributed by atoms with Crippen LogP contribution in [0.3, 0.4) is 0 Å². The van der Waals surface area contributed by atoms with Crippen molar-refractivity contribution in [3.63, 3.8) is 0 Å². The second-order valence-corrected chi connectivity index (χ2v) is 6.07. The Bertz CT molecular complexity index is 599. The number of hydrogen-bond acceptors (Lipinski definition) is 5. The molecule has 0 aliphatic carbocycles. The van der Waals surface area contributed by atoms with Gasteiger partial charge >= 0.3 is 6.18 Å². The van der Waals surface area contributed by atoms with Crippen LogP contribution in [0.1, 0.15) is 27.9 Å². The topological polar surface area (TPSA) is 41.9 Å². The lowest BCUT2D eigenvalue weighted by Gasteiger charge is -2.14. The Morgan fingerprint density at radius 2 is 2.19 bits per heavy atom. The monoisotopic (exact) mass is 314 g/mol. The Morgan fingerprint density at radius 1 is 1.33 bits per heavy atom. The highest BCUT2D eigenvalue weighted by Crippen LogP contribution is 2.33. The van der Waals surface area contributed by atoms with Crippen LogP contribution in [0.4, 0.5) is 13.2 Å². The molecular formula is C13H13F3N4S. The number of alkyl halides is 3. The summed E-state index contributed by atoms with van der Waals surface area (Å²) in [5.74, 6) is 0.383. The molecule has 0 saturated carbocycles. The van der Waals surface area contributed by atoms with Crippen LogP contribution in [0, 0.1) is 0 Å². The van der Waals surface area contributed by atoms with Gasteiger partial charge in [-0.25, -0.2) is 0 Å². The van der Waals surface area contributed by atoms with Crippen LogP contribution in [0.5, 0.6) is 0 Å². The molecule has 1 saturated heterocycles. The molecule has 21 heavy (non-hydrogen) atoms. The lowest BCUT2D eigenvalue weighted by Crippen LogP contribution is -2.19. The normalized spacial score (nSPS) is 20.0. The van der Waals surface area contributed by atoms with Gasteiger partial charge in [-0.05, 0) is 30.5 Å². The molecule has 0 radical (unpaired) electrons. The molecule has 2 aromatic rings. The van der Waals surface area contributed by atoms with E-state index in [0.717, 1.165) is 19.5 Å². The average molecular weight is 314 g/mol. The zero-order valence-corrected chi connectivity index (χ0v) is 11.9. The Balaban J connectivity index is 1.61. The molecule has 112 valence electrons. The summed E-state index contributed by atoms with van der Waals surface area (Å²) in [7, 11) is 0. The van der Waals surface area contributed by atoms with Crippen LogP contribution in [0.25, 0.3) is 0 Å². The van der Waals surface area contributed by atoms with Crippen molar-refractivity contribution in [3.8, 4) is 0 Å². The zero-order valence-electron chi connectivity index (χ0n) is 11.0.